The van der Waals surface area contributed by atoms with Crippen LogP contribution >= 0.6 is 35.0 Å². The Labute approximate surface area is 255 Å². The number of ether oxygens (including phenoxy) is 1. The minimum atomic E-state index is -1.17. The number of hydrogen-bond donors (Lipinski definition) is 2. The van der Waals surface area contributed by atoms with Crippen molar-refractivity contribution in [2.75, 3.05) is 5.75 Å². The first-order valence-electron chi connectivity index (χ1n) is 12.7. The summed E-state index contributed by atoms with van der Waals surface area (Å²) in [5, 5.41) is 12.6. The van der Waals surface area contributed by atoms with Crippen LogP contribution in [0.3, 0.4) is 0 Å². The molecule has 2 N–H and O–H groups in total. The molecule has 0 saturated heterocycles. The molecular weight excluding hydrogens is 597 g/mol. The van der Waals surface area contributed by atoms with E-state index in [9.17, 15) is 14.7 Å². The zero-order valence-corrected chi connectivity index (χ0v) is 24.2. The van der Waals surface area contributed by atoms with Gasteiger partial charge in [0.15, 0.2) is 11.5 Å². The lowest BCUT2D eigenvalue weighted by atomic mass is 10.1. The Hall–Kier alpha value is -4.31. The summed E-state index contributed by atoms with van der Waals surface area (Å²) in [5.41, 5.74) is 1.85. The van der Waals surface area contributed by atoms with Crippen molar-refractivity contribution in [3.63, 3.8) is 0 Å². The highest BCUT2D eigenvalue weighted by molar-refractivity contribution is 7.98. The second kappa shape index (κ2) is 13.6. The highest BCUT2D eigenvalue weighted by Crippen LogP contribution is 2.33. The van der Waals surface area contributed by atoms with Crippen molar-refractivity contribution in [2.45, 2.75) is 11.8 Å². The molecule has 0 aliphatic heterocycles. The third-order valence-corrected chi connectivity index (χ3v) is 7.77. The molecule has 11 heteroatoms. The van der Waals surface area contributed by atoms with Crippen LogP contribution < -0.4 is 10.1 Å². The second-order valence-corrected chi connectivity index (χ2v) is 10.8. The Balaban J connectivity index is 1.39. The number of benzene rings is 3. The molecule has 0 aliphatic rings. The molecule has 0 aliphatic carbocycles. The number of aromatic nitrogens is 2. The number of hydrogen-bond acceptors (Lipinski definition) is 7. The number of carbonyl (C=O) groups excluding carboxylic acids is 1. The summed E-state index contributed by atoms with van der Waals surface area (Å²) in [4.78, 5) is 33.9. The molecule has 2 aromatic heterocycles. The van der Waals surface area contributed by atoms with Gasteiger partial charge in [-0.3, -0.25) is 4.79 Å². The van der Waals surface area contributed by atoms with Gasteiger partial charge in [-0.1, -0.05) is 71.7 Å². The van der Waals surface area contributed by atoms with Gasteiger partial charge in [0.1, 0.15) is 22.7 Å². The molecule has 1 amide bonds. The fourth-order valence-corrected chi connectivity index (χ4v) is 5.18. The quantitative estimate of drug-likeness (QED) is 0.145. The van der Waals surface area contributed by atoms with Crippen LogP contribution in [0, 0.1) is 0 Å². The number of thioether (sulfide) groups is 1. The van der Waals surface area contributed by atoms with Crippen LogP contribution in [0.1, 0.15) is 16.1 Å². The number of amides is 1. The smallest absolute Gasteiger partial charge is 0.327 e. The predicted octanol–water partition coefficient (Wildman–Crippen LogP) is 7.62. The first-order chi connectivity index (χ1) is 20.4. The van der Waals surface area contributed by atoms with Crippen molar-refractivity contribution in [1.82, 2.24) is 15.3 Å². The van der Waals surface area contributed by atoms with Crippen molar-refractivity contribution in [3.05, 3.63) is 119 Å². The van der Waals surface area contributed by atoms with Gasteiger partial charge in [0.05, 0.1) is 5.02 Å². The van der Waals surface area contributed by atoms with Crippen molar-refractivity contribution in [1.29, 1.82) is 0 Å². The van der Waals surface area contributed by atoms with E-state index >= 15 is 0 Å². The van der Waals surface area contributed by atoms with Gasteiger partial charge in [-0.2, -0.15) is 11.8 Å². The molecule has 0 saturated carbocycles. The number of para-hydroxylation sites is 1. The number of nitrogens with one attached hydrogen (secondary N) is 1. The van der Waals surface area contributed by atoms with E-state index in [2.05, 4.69) is 15.3 Å². The SMILES string of the molecule is O=C(N[C@@H](CSCc1ccccc1)C(=O)O)c1nc(-c2ccc(Oc3ccccc3)cc2)oc1-c1cnc(Cl)c(Cl)c1. The second-order valence-electron chi connectivity index (χ2n) is 9.00. The van der Waals surface area contributed by atoms with Gasteiger partial charge in [-0.25, -0.2) is 14.8 Å². The molecule has 0 fully saturated rings. The van der Waals surface area contributed by atoms with Gasteiger partial charge in [-0.05, 0) is 48.0 Å². The van der Waals surface area contributed by atoms with Crippen LogP contribution in [-0.4, -0.2) is 38.7 Å². The minimum absolute atomic E-state index is 0.0688. The van der Waals surface area contributed by atoms with Crippen LogP contribution in [-0.2, 0) is 10.5 Å². The van der Waals surface area contributed by atoms with E-state index in [1.165, 1.54) is 24.0 Å². The number of carbonyl (C=O) groups is 2. The maximum atomic E-state index is 13.4. The molecule has 0 unspecified atom stereocenters. The standard InChI is InChI=1S/C31H23Cl2N3O5S/c32-24-15-21(16-34-28(24)33)27-26(29(37)35-25(31(38)39)18-42-17-19-7-3-1-4-8-19)36-30(41-27)20-11-13-23(14-12-20)40-22-9-5-2-6-10-22/h1-16,25H,17-18H2,(H,35,37)(H,38,39)/t25-/m0/s1. The van der Waals surface area contributed by atoms with Gasteiger partial charge in [0.2, 0.25) is 5.89 Å². The van der Waals surface area contributed by atoms with Gasteiger partial charge in [0, 0.05) is 28.8 Å². The Morgan fingerprint density at radius 2 is 1.60 bits per heavy atom. The highest BCUT2D eigenvalue weighted by atomic mass is 35.5. The Morgan fingerprint density at radius 3 is 2.26 bits per heavy atom. The minimum Gasteiger partial charge on any atom is -0.480 e. The van der Waals surface area contributed by atoms with E-state index in [0.29, 0.717) is 28.4 Å². The van der Waals surface area contributed by atoms with E-state index in [4.69, 9.17) is 32.4 Å². The van der Waals surface area contributed by atoms with Gasteiger partial charge >= 0.3 is 5.97 Å². The van der Waals surface area contributed by atoms with Crippen molar-refractivity contribution in [2.24, 2.45) is 0 Å². The molecule has 212 valence electrons. The lowest BCUT2D eigenvalue weighted by molar-refractivity contribution is -0.138. The molecule has 0 spiro atoms. The summed E-state index contributed by atoms with van der Waals surface area (Å²) in [5.74, 6) is 0.344. The third kappa shape index (κ3) is 7.30. The largest absolute Gasteiger partial charge is 0.480 e. The topological polar surface area (TPSA) is 115 Å². The maximum absolute atomic E-state index is 13.4. The number of carboxylic acid groups (broad SMARTS) is 1. The van der Waals surface area contributed by atoms with Crippen molar-refractivity contribution in [3.8, 4) is 34.3 Å². The average molecular weight is 621 g/mol. The van der Waals surface area contributed by atoms with E-state index in [1.807, 2.05) is 60.7 Å². The van der Waals surface area contributed by atoms with E-state index < -0.39 is 17.9 Å². The number of oxazole rings is 1. The zero-order chi connectivity index (χ0) is 29.5. The monoisotopic (exact) mass is 619 g/mol. The maximum Gasteiger partial charge on any atom is 0.327 e. The fourth-order valence-electron chi connectivity index (χ4n) is 3.90. The lowest BCUT2D eigenvalue weighted by Crippen LogP contribution is -2.42. The first kappa shape index (κ1) is 29.2. The number of nitrogens with zero attached hydrogens (tertiary/aromatic N) is 2. The Bertz CT molecular complexity index is 1680. The van der Waals surface area contributed by atoms with Crippen LogP contribution in [0.15, 0.2) is 102 Å². The van der Waals surface area contributed by atoms with Gasteiger partial charge < -0.3 is 19.6 Å². The van der Waals surface area contributed by atoms with Crippen molar-refractivity contribution >= 4 is 46.8 Å². The molecule has 5 aromatic rings. The molecule has 8 nitrogen and oxygen atoms in total. The van der Waals surface area contributed by atoms with E-state index in [0.717, 1.165) is 5.56 Å². The number of aliphatic carboxylic acids is 1. The third-order valence-electron chi connectivity index (χ3n) is 5.98. The summed E-state index contributed by atoms with van der Waals surface area (Å²) in [7, 11) is 0. The van der Waals surface area contributed by atoms with E-state index in [-0.39, 0.29) is 33.3 Å². The number of pyridine rings is 1. The highest BCUT2D eigenvalue weighted by Gasteiger charge is 2.27. The molecule has 0 radical (unpaired) electrons. The average Bonchev–Trinajstić information content (AvgIpc) is 3.45. The Kier molecular flexibility index (Phi) is 9.43. The molecular formula is C31H23Cl2N3O5S. The lowest BCUT2D eigenvalue weighted by Gasteiger charge is -2.14. The van der Waals surface area contributed by atoms with Crippen molar-refractivity contribution < 1.29 is 23.8 Å². The summed E-state index contributed by atoms with van der Waals surface area (Å²) >= 11 is 13.6. The summed E-state index contributed by atoms with van der Waals surface area (Å²) < 4.78 is 11.9. The fraction of sp³-hybridized carbons (Fsp3) is 0.0968. The van der Waals surface area contributed by atoms with Gasteiger partial charge in [0.25, 0.3) is 5.91 Å². The summed E-state index contributed by atoms with van der Waals surface area (Å²) in [6.07, 6.45) is 1.40. The van der Waals surface area contributed by atoms with Crippen LogP contribution in [0.5, 0.6) is 11.5 Å². The van der Waals surface area contributed by atoms with E-state index in [1.54, 1.807) is 24.3 Å². The normalized spacial score (nSPS) is 11.6. The van der Waals surface area contributed by atoms with Crippen LogP contribution in [0.2, 0.25) is 10.2 Å². The molecule has 3 aromatic carbocycles. The predicted molar refractivity (Wildman–Crippen MR) is 163 cm³/mol. The molecule has 42 heavy (non-hydrogen) atoms. The summed E-state index contributed by atoms with van der Waals surface area (Å²) in [6.45, 7) is 0. The molecule has 0 bridgehead atoms. The molecule has 1 atom stereocenters. The van der Waals surface area contributed by atoms with Gasteiger partial charge in [-0.15, -0.1) is 0 Å². The number of halogens is 2. The number of rotatable bonds is 11. The van der Waals surface area contributed by atoms with Crippen LogP contribution in [0.25, 0.3) is 22.8 Å². The van der Waals surface area contributed by atoms with Crippen LogP contribution in [0.4, 0.5) is 0 Å². The molecule has 2 heterocycles. The Morgan fingerprint density at radius 1 is 0.929 bits per heavy atom. The first-order valence-corrected chi connectivity index (χ1v) is 14.6. The molecule has 5 rings (SSSR count). The summed E-state index contributed by atoms with van der Waals surface area (Å²) in [6, 6.07) is 26.3. The zero-order valence-electron chi connectivity index (χ0n) is 21.9. The number of carboxylic acids is 1.